The molecule has 6 heteroatoms. The van der Waals surface area contributed by atoms with Crippen LogP contribution in [-0.4, -0.2) is 23.8 Å². The summed E-state index contributed by atoms with van der Waals surface area (Å²) < 4.78 is 0. The molecule has 2 atom stereocenters. The van der Waals surface area contributed by atoms with E-state index in [1.165, 1.54) is 24.6 Å². The van der Waals surface area contributed by atoms with Gasteiger partial charge in [0.2, 0.25) is 11.8 Å². The van der Waals surface area contributed by atoms with Crippen molar-refractivity contribution in [2.75, 3.05) is 0 Å². The van der Waals surface area contributed by atoms with Crippen LogP contribution in [-0.2, 0) is 0 Å². The Morgan fingerprint density at radius 3 is 2.04 bits per heavy atom. The molecule has 5 N–H and O–H groups in total. The highest BCUT2D eigenvalue weighted by Gasteiger charge is 2.27. The minimum atomic E-state index is -0.701. The van der Waals surface area contributed by atoms with Crippen LogP contribution in [0.4, 0.5) is 0 Å². The summed E-state index contributed by atoms with van der Waals surface area (Å²) in [5.41, 5.74) is 11.0. The summed E-state index contributed by atoms with van der Waals surface area (Å²) in [6.07, 6.45) is 5.40. The van der Waals surface area contributed by atoms with Gasteiger partial charge in [0.1, 0.15) is 0 Å². The molecule has 2 unspecified atom stereocenters. The molecule has 0 aliphatic heterocycles. The number of nitrogens with one attached hydrogen (secondary N) is 1. The number of benzene rings is 1. The number of amides is 3. The Labute approximate surface area is 148 Å². The van der Waals surface area contributed by atoms with E-state index in [1.807, 2.05) is 0 Å². The molecule has 2 rings (SSSR count). The second-order valence-corrected chi connectivity index (χ2v) is 7.28. The number of rotatable bonds is 6. The van der Waals surface area contributed by atoms with Gasteiger partial charge >= 0.3 is 0 Å². The normalized spacial score (nSPS) is 20.3. The van der Waals surface area contributed by atoms with Crippen LogP contribution in [0, 0.1) is 11.8 Å². The lowest BCUT2D eigenvalue weighted by molar-refractivity contribution is 0.0898. The number of primary amides is 2. The van der Waals surface area contributed by atoms with E-state index >= 15 is 0 Å². The minimum absolute atomic E-state index is 0.101. The van der Waals surface area contributed by atoms with Gasteiger partial charge in [-0.15, -0.1) is 0 Å². The van der Waals surface area contributed by atoms with Gasteiger partial charge in [0, 0.05) is 22.7 Å². The topological polar surface area (TPSA) is 115 Å². The highest BCUT2D eigenvalue weighted by molar-refractivity contribution is 6.03. The van der Waals surface area contributed by atoms with Gasteiger partial charge in [-0.2, -0.15) is 0 Å². The van der Waals surface area contributed by atoms with E-state index in [2.05, 4.69) is 19.2 Å². The fourth-order valence-electron chi connectivity index (χ4n) is 3.58. The molecule has 0 saturated heterocycles. The zero-order valence-electron chi connectivity index (χ0n) is 14.9. The maximum absolute atomic E-state index is 12.7. The third-order valence-corrected chi connectivity index (χ3v) is 4.76. The first-order chi connectivity index (χ1) is 11.8. The van der Waals surface area contributed by atoms with Crippen molar-refractivity contribution in [2.45, 2.75) is 52.0 Å². The average Bonchev–Trinajstić information content (AvgIpc) is 2.55. The van der Waals surface area contributed by atoms with Crippen molar-refractivity contribution < 1.29 is 14.4 Å². The maximum Gasteiger partial charge on any atom is 0.251 e. The van der Waals surface area contributed by atoms with Crippen molar-refractivity contribution in [3.05, 3.63) is 34.9 Å². The zero-order valence-corrected chi connectivity index (χ0v) is 14.9. The molecule has 0 aromatic heterocycles. The van der Waals surface area contributed by atoms with E-state index in [4.69, 9.17) is 11.5 Å². The standard InChI is InChI=1S/C19H27N3O3/c1-11(2)7-12-5-3-4-6-16(12)22-19(25)15-9-13(17(20)23)8-14(10-15)18(21)24/h8-12,16H,3-7H2,1-2H3,(H2,20,23)(H2,21,24)(H,22,25). The molecule has 6 nitrogen and oxygen atoms in total. The SMILES string of the molecule is CC(C)CC1CCCCC1NC(=O)c1cc(C(N)=O)cc(C(N)=O)c1. The van der Waals surface area contributed by atoms with Gasteiger partial charge in [0.15, 0.2) is 0 Å². The molecule has 25 heavy (non-hydrogen) atoms. The second-order valence-electron chi connectivity index (χ2n) is 7.28. The lowest BCUT2D eigenvalue weighted by Crippen LogP contribution is -2.42. The van der Waals surface area contributed by atoms with Crippen molar-refractivity contribution >= 4 is 17.7 Å². The van der Waals surface area contributed by atoms with Crippen molar-refractivity contribution in [2.24, 2.45) is 23.3 Å². The van der Waals surface area contributed by atoms with Crippen LogP contribution in [0.2, 0.25) is 0 Å². The predicted molar refractivity (Wildman–Crippen MR) is 96.1 cm³/mol. The molecule has 1 aliphatic rings. The molecular weight excluding hydrogens is 318 g/mol. The van der Waals surface area contributed by atoms with E-state index in [-0.39, 0.29) is 28.6 Å². The quantitative estimate of drug-likeness (QED) is 0.734. The summed E-state index contributed by atoms with van der Waals surface area (Å²) >= 11 is 0. The molecule has 0 spiro atoms. The van der Waals surface area contributed by atoms with Gasteiger partial charge in [-0.1, -0.05) is 26.7 Å². The van der Waals surface area contributed by atoms with E-state index in [1.54, 1.807) is 0 Å². The van der Waals surface area contributed by atoms with E-state index in [0.29, 0.717) is 11.8 Å². The van der Waals surface area contributed by atoms with Crippen LogP contribution in [0.3, 0.4) is 0 Å². The first-order valence-electron chi connectivity index (χ1n) is 8.83. The van der Waals surface area contributed by atoms with E-state index in [0.717, 1.165) is 25.7 Å². The van der Waals surface area contributed by atoms with Crippen LogP contribution >= 0.6 is 0 Å². The Kier molecular flexibility index (Phi) is 6.17. The molecule has 0 bridgehead atoms. The molecule has 1 saturated carbocycles. The molecular formula is C19H27N3O3. The van der Waals surface area contributed by atoms with Gasteiger partial charge in [0.25, 0.3) is 5.91 Å². The highest BCUT2D eigenvalue weighted by Crippen LogP contribution is 2.29. The lowest BCUT2D eigenvalue weighted by atomic mass is 9.79. The number of carbonyl (C=O) groups is 3. The number of hydrogen-bond acceptors (Lipinski definition) is 3. The zero-order chi connectivity index (χ0) is 18.6. The molecule has 1 aromatic carbocycles. The largest absolute Gasteiger partial charge is 0.366 e. The van der Waals surface area contributed by atoms with Crippen LogP contribution in [0.25, 0.3) is 0 Å². The van der Waals surface area contributed by atoms with Gasteiger partial charge in [0.05, 0.1) is 0 Å². The smallest absolute Gasteiger partial charge is 0.251 e. The Morgan fingerprint density at radius 1 is 1.00 bits per heavy atom. The summed E-state index contributed by atoms with van der Waals surface area (Å²) in [6.45, 7) is 4.37. The Balaban J connectivity index is 2.21. The summed E-state index contributed by atoms with van der Waals surface area (Å²) in [7, 11) is 0. The third-order valence-electron chi connectivity index (χ3n) is 4.76. The number of nitrogens with two attached hydrogens (primary N) is 2. The molecule has 136 valence electrons. The van der Waals surface area contributed by atoms with Gasteiger partial charge in [-0.3, -0.25) is 14.4 Å². The predicted octanol–water partition coefficient (Wildman–Crippen LogP) is 2.22. The lowest BCUT2D eigenvalue weighted by Gasteiger charge is -2.33. The molecule has 1 aliphatic carbocycles. The van der Waals surface area contributed by atoms with Crippen molar-refractivity contribution in [1.82, 2.24) is 5.32 Å². The van der Waals surface area contributed by atoms with Crippen LogP contribution in [0.15, 0.2) is 18.2 Å². The molecule has 0 heterocycles. The van der Waals surface area contributed by atoms with Crippen LogP contribution in [0.1, 0.15) is 77.0 Å². The summed E-state index contributed by atoms with van der Waals surface area (Å²) in [4.78, 5) is 35.6. The maximum atomic E-state index is 12.7. The third kappa shape index (κ3) is 5.05. The van der Waals surface area contributed by atoms with Gasteiger partial charge in [-0.25, -0.2) is 0 Å². The Morgan fingerprint density at radius 2 is 1.52 bits per heavy atom. The monoisotopic (exact) mass is 345 g/mol. The highest BCUT2D eigenvalue weighted by atomic mass is 16.2. The van der Waals surface area contributed by atoms with Crippen molar-refractivity contribution in [1.29, 1.82) is 0 Å². The molecule has 0 radical (unpaired) electrons. The minimum Gasteiger partial charge on any atom is -0.366 e. The van der Waals surface area contributed by atoms with Gasteiger partial charge in [-0.05, 0) is 49.3 Å². The average molecular weight is 345 g/mol. The molecule has 1 fully saturated rings. The van der Waals surface area contributed by atoms with Gasteiger partial charge < -0.3 is 16.8 Å². The number of hydrogen-bond donors (Lipinski definition) is 3. The molecule has 1 aromatic rings. The summed E-state index contributed by atoms with van der Waals surface area (Å²) in [6, 6.07) is 4.23. The first-order valence-corrected chi connectivity index (χ1v) is 8.83. The van der Waals surface area contributed by atoms with Crippen molar-refractivity contribution in [3.8, 4) is 0 Å². The van der Waals surface area contributed by atoms with E-state index in [9.17, 15) is 14.4 Å². The second kappa shape index (κ2) is 8.14. The Bertz CT molecular complexity index is 638. The van der Waals surface area contributed by atoms with Crippen molar-refractivity contribution in [3.63, 3.8) is 0 Å². The summed E-state index contributed by atoms with van der Waals surface area (Å²) in [5.74, 6) is -0.680. The van der Waals surface area contributed by atoms with E-state index < -0.39 is 11.8 Å². The van der Waals surface area contributed by atoms with Crippen LogP contribution in [0.5, 0.6) is 0 Å². The van der Waals surface area contributed by atoms with Crippen LogP contribution < -0.4 is 16.8 Å². The number of carbonyl (C=O) groups excluding carboxylic acids is 3. The first kappa shape index (κ1) is 19.0. The summed E-state index contributed by atoms with van der Waals surface area (Å²) in [5, 5.41) is 3.08. The molecule has 3 amide bonds. The fourth-order valence-corrected chi connectivity index (χ4v) is 3.58. The Hall–Kier alpha value is -2.37. The fraction of sp³-hybridized carbons (Fsp3) is 0.526.